The highest BCUT2D eigenvalue weighted by molar-refractivity contribution is 7.49. The number of aryl methyl sites for hydroxylation is 1. The van der Waals surface area contributed by atoms with Crippen molar-refractivity contribution in [1.82, 2.24) is 4.57 Å². The van der Waals surface area contributed by atoms with Crippen LogP contribution in [0.15, 0.2) is 0 Å². The number of phosphoric ester groups is 1. The maximum Gasteiger partial charge on any atom is 0.588 e. The largest absolute Gasteiger partial charge is 0.588 e. The van der Waals surface area contributed by atoms with Crippen molar-refractivity contribution >= 4 is 24.4 Å². The quantitative estimate of drug-likeness (QED) is 0.480. The predicted octanol–water partition coefficient (Wildman–Crippen LogP) is 2.01. The van der Waals surface area contributed by atoms with Gasteiger partial charge >= 0.3 is 13.5 Å². The minimum Gasteiger partial charge on any atom is -0.502 e. The number of nitrogens with two attached hydrogens (primary N) is 1. The third-order valence-electron chi connectivity index (χ3n) is 4.21. The van der Waals surface area contributed by atoms with Crippen LogP contribution in [0.3, 0.4) is 0 Å². The molecule has 1 aromatic heterocycles. The van der Waals surface area contributed by atoms with E-state index in [1.54, 1.807) is 18.5 Å². The second-order valence-corrected chi connectivity index (χ2v) is 6.82. The van der Waals surface area contributed by atoms with Gasteiger partial charge in [-0.2, -0.15) is 0 Å². The van der Waals surface area contributed by atoms with Crippen molar-refractivity contribution in [3.8, 4) is 17.2 Å². The molecule has 0 spiro atoms. The summed E-state index contributed by atoms with van der Waals surface area (Å²) in [5.74, 6) is -1.04. The summed E-state index contributed by atoms with van der Waals surface area (Å²) in [5.41, 5.74) is 6.46. The van der Waals surface area contributed by atoms with E-state index in [-0.39, 0.29) is 17.7 Å². The molecule has 0 radical (unpaired) electrons. The van der Waals surface area contributed by atoms with E-state index in [0.29, 0.717) is 16.8 Å². The van der Waals surface area contributed by atoms with E-state index in [1.165, 1.54) is 0 Å². The summed E-state index contributed by atoms with van der Waals surface area (Å²) < 4.78 is 30.1. The average molecular weight is 341 g/mol. The van der Waals surface area contributed by atoms with Gasteiger partial charge in [0.1, 0.15) is 11.6 Å². The van der Waals surface area contributed by atoms with Crippen molar-refractivity contribution in [2.24, 2.45) is 12.8 Å². The van der Waals surface area contributed by atoms with Crippen molar-refractivity contribution in [1.29, 1.82) is 0 Å². The highest BCUT2D eigenvalue weighted by Gasteiger charge is 2.51. The molecule has 1 aromatic carbocycles. The normalized spacial score (nSPS) is 24.6. The third kappa shape index (κ3) is 1.57. The molecule has 2 aliphatic rings. The first-order chi connectivity index (χ1) is 10.8. The van der Waals surface area contributed by atoms with E-state index in [4.69, 9.17) is 19.3 Å². The van der Waals surface area contributed by atoms with E-state index >= 15 is 0 Å². The van der Waals surface area contributed by atoms with Gasteiger partial charge < -0.3 is 24.5 Å². The van der Waals surface area contributed by atoms with E-state index in [9.17, 15) is 19.8 Å². The van der Waals surface area contributed by atoms with Gasteiger partial charge in [0.15, 0.2) is 0 Å². The summed E-state index contributed by atoms with van der Waals surface area (Å²) in [6.07, 6.45) is -0.898. The lowest BCUT2D eigenvalue weighted by molar-refractivity contribution is -0.386. The summed E-state index contributed by atoms with van der Waals surface area (Å²) in [6, 6.07) is 0. The van der Waals surface area contributed by atoms with E-state index < -0.39 is 36.0 Å². The van der Waals surface area contributed by atoms with Crippen LogP contribution >= 0.6 is 7.82 Å². The number of nitrogens with zero attached hydrogens (tertiary/aromatic N) is 2. The van der Waals surface area contributed by atoms with Crippen LogP contribution in [-0.4, -0.2) is 21.1 Å². The number of aromatic hydroxyl groups is 1. The number of hydrogen-bond donors (Lipinski definition) is 2. The zero-order chi connectivity index (χ0) is 16.7. The molecular formula is C12H12N3O7P. The van der Waals surface area contributed by atoms with Crippen LogP contribution in [0.1, 0.15) is 17.4 Å². The fourth-order valence-electron chi connectivity index (χ4n) is 3.16. The molecule has 11 heteroatoms. The van der Waals surface area contributed by atoms with Crippen molar-refractivity contribution in [2.45, 2.75) is 13.0 Å². The number of fused-ring (bicyclic) bond motifs is 1. The Kier molecular flexibility index (Phi) is 2.59. The van der Waals surface area contributed by atoms with Gasteiger partial charge in [0.05, 0.1) is 10.3 Å². The minimum absolute atomic E-state index is 0.0693. The van der Waals surface area contributed by atoms with Crippen LogP contribution in [0.4, 0.5) is 5.69 Å². The second kappa shape index (κ2) is 4.16. The van der Waals surface area contributed by atoms with Gasteiger partial charge in [-0.05, 0) is 6.92 Å². The summed E-state index contributed by atoms with van der Waals surface area (Å²) >= 11 is 0. The lowest BCUT2D eigenvalue weighted by Gasteiger charge is -2.19. The Morgan fingerprint density at radius 2 is 2.09 bits per heavy atom. The molecule has 23 heavy (non-hydrogen) atoms. The number of phenols is 1. The molecule has 0 saturated carbocycles. The van der Waals surface area contributed by atoms with Crippen molar-refractivity contribution < 1.29 is 28.2 Å². The Balaban J connectivity index is 2.30. The molecule has 0 fully saturated rings. The molecule has 3 heterocycles. The topological polar surface area (TPSA) is 139 Å². The zero-order valence-corrected chi connectivity index (χ0v) is 13.0. The summed E-state index contributed by atoms with van der Waals surface area (Å²) in [7, 11) is -2.41. The number of benzene rings is 1. The Labute approximate surface area is 129 Å². The first-order valence-electron chi connectivity index (χ1n) is 6.69. The molecular weight excluding hydrogens is 329 g/mol. The molecule has 0 aliphatic carbocycles. The number of phosphoric acid groups is 1. The number of hydrogen-bond acceptors (Lipinski definition) is 8. The number of rotatable bonds is 2. The monoisotopic (exact) mass is 341 g/mol. The highest BCUT2D eigenvalue weighted by atomic mass is 31.2. The first-order valence-corrected chi connectivity index (χ1v) is 8.15. The van der Waals surface area contributed by atoms with Crippen LogP contribution in [0.2, 0.25) is 0 Å². The molecule has 0 amide bonds. The van der Waals surface area contributed by atoms with Crippen LogP contribution in [0.5, 0.6) is 17.2 Å². The Morgan fingerprint density at radius 1 is 1.43 bits per heavy atom. The van der Waals surface area contributed by atoms with E-state index in [0.717, 1.165) is 0 Å². The molecule has 3 N–H and O–H groups in total. The fourth-order valence-corrected chi connectivity index (χ4v) is 4.57. The Bertz CT molecular complexity index is 951. The SMILES string of the molecule is Cc1c2c3c(O)c([N+](=O)[O-])c4c(c3n1C)OP(=O)(O4)OC2CN. The molecule has 2 atom stereocenters. The lowest BCUT2D eigenvalue weighted by Crippen LogP contribution is -2.17. The van der Waals surface area contributed by atoms with Gasteiger partial charge in [-0.15, -0.1) is 0 Å². The number of aromatic nitrogens is 1. The molecule has 4 rings (SSSR count). The maximum absolute atomic E-state index is 12.6. The van der Waals surface area contributed by atoms with Crippen molar-refractivity contribution in [3.05, 3.63) is 21.4 Å². The fraction of sp³-hybridized carbons (Fsp3) is 0.333. The lowest BCUT2D eigenvalue weighted by atomic mass is 10.0. The summed E-state index contributed by atoms with van der Waals surface area (Å²) in [5, 5.41) is 22.0. The zero-order valence-electron chi connectivity index (χ0n) is 12.1. The van der Waals surface area contributed by atoms with Crippen molar-refractivity contribution in [2.75, 3.05) is 6.54 Å². The standard InChI is InChI=1S/C12H12N3O7P/c1-4-6-5(3-13)20-23(19)21-11-8(14(4)2)7(6)10(16)9(15(17)18)12(11)22-23/h5,16H,3,13H2,1-2H3. The Morgan fingerprint density at radius 3 is 2.70 bits per heavy atom. The summed E-state index contributed by atoms with van der Waals surface area (Å²) in [4.78, 5) is 10.6. The number of nitro benzene ring substituents is 1. The third-order valence-corrected chi connectivity index (χ3v) is 5.54. The van der Waals surface area contributed by atoms with Gasteiger partial charge in [0.25, 0.3) is 5.75 Å². The molecule has 2 aromatic rings. The van der Waals surface area contributed by atoms with Crippen molar-refractivity contribution in [3.63, 3.8) is 0 Å². The van der Waals surface area contributed by atoms with Gasteiger partial charge in [-0.1, -0.05) is 0 Å². The second-order valence-electron chi connectivity index (χ2n) is 5.35. The molecule has 10 nitrogen and oxygen atoms in total. The Hall–Kier alpha value is -2.29. The van der Waals surface area contributed by atoms with Crippen LogP contribution in [0, 0.1) is 17.0 Å². The van der Waals surface area contributed by atoms with Crippen LogP contribution in [0.25, 0.3) is 10.9 Å². The number of phenolic OH excluding ortho intramolecular Hbond substituents is 1. The van der Waals surface area contributed by atoms with Gasteiger partial charge in [0.2, 0.25) is 11.5 Å². The van der Waals surface area contributed by atoms with Gasteiger partial charge in [0, 0.05) is 24.8 Å². The van der Waals surface area contributed by atoms with Crippen LogP contribution in [-0.2, 0) is 16.1 Å². The molecule has 5 bridgehead atoms. The predicted molar refractivity (Wildman–Crippen MR) is 77.7 cm³/mol. The highest BCUT2D eigenvalue weighted by Crippen LogP contribution is 2.69. The molecule has 0 saturated heterocycles. The smallest absolute Gasteiger partial charge is 0.502 e. The molecule has 2 aliphatic heterocycles. The molecule has 2 unspecified atom stereocenters. The average Bonchev–Trinajstić information content (AvgIpc) is 2.95. The van der Waals surface area contributed by atoms with E-state index in [2.05, 4.69) is 0 Å². The van der Waals surface area contributed by atoms with E-state index in [1.807, 2.05) is 0 Å². The molecule has 122 valence electrons. The van der Waals surface area contributed by atoms with Crippen LogP contribution < -0.4 is 14.8 Å². The van der Waals surface area contributed by atoms with Gasteiger partial charge in [-0.25, -0.2) is 4.57 Å². The maximum atomic E-state index is 12.6. The summed E-state index contributed by atoms with van der Waals surface area (Å²) in [6.45, 7) is 1.68. The number of nitro groups is 1. The first kappa shape index (κ1) is 14.3. The van der Waals surface area contributed by atoms with Gasteiger partial charge in [-0.3, -0.25) is 14.6 Å². The minimum atomic E-state index is -4.10.